The number of aryl methyl sites for hydroxylation is 1. The number of rotatable bonds is 7. The van der Waals surface area contributed by atoms with Crippen molar-refractivity contribution in [2.45, 2.75) is 13.5 Å². The Bertz CT molecular complexity index is 869. The van der Waals surface area contributed by atoms with Crippen molar-refractivity contribution in [3.8, 4) is 6.07 Å². The van der Waals surface area contributed by atoms with Gasteiger partial charge in [-0.1, -0.05) is 41.4 Å². The van der Waals surface area contributed by atoms with Crippen LogP contribution in [0.2, 0.25) is 10.2 Å². The highest BCUT2D eigenvalue weighted by Crippen LogP contribution is 2.25. The van der Waals surface area contributed by atoms with Gasteiger partial charge in [-0.25, -0.2) is 4.68 Å². The lowest BCUT2D eigenvalue weighted by Gasteiger charge is -2.06. The molecule has 1 aromatic carbocycles. The molecule has 1 N–H and O–H groups in total. The van der Waals surface area contributed by atoms with E-state index in [1.165, 1.54) is 13.2 Å². The highest BCUT2D eigenvalue weighted by atomic mass is 35.5. The van der Waals surface area contributed by atoms with E-state index in [1.807, 2.05) is 24.3 Å². The molecule has 1 amide bonds. The minimum Gasteiger partial charge on any atom is -0.383 e. The van der Waals surface area contributed by atoms with Crippen LogP contribution in [-0.2, 0) is 16.1 Å². The van der Waals surface area contributed by atoms with Gasteiger partial charge in [0, 0.05) is 24.2 Å². The zero-order valence-electron chi connectivity index (χ0n) is 14.4. The van der Waals surface area contributed by atoms with Gasteiger partial charge in [0.1, 0.15) is 16.8 Å². The number of carbonyl (C=O) groups is 1. The first-order valence-electron chi connectivity index (χ1n) is 7.83. The number of hydrogen-bond acceptors (Lipinski definition) is 4. The first-order chi connectivity index (χ1) is 12.5. The maximum Gasteiger partial charge on any atom is 0.262 e. The van der Waals surface area contributed by atoms with Gasteiger partial charge >= 0.3 is 0 Å². The molecule has 0 unspecified atom stereocenters. The van der Waals surface area contributed by atoms with Crippen molar-refractivity contribution < 1.29 is 9.53 Å². The third-order valence-electron chi connectivity index (χ3n) is 3.63. The zero-order valence-corrected chi connectivity index (χ0v) is 15.9. The molecule has 0 aliphatic heterocycles. The fourth-order valence-corrected chi connectivity index (χ4v) is 2.76. The second-order valence-electron chi connectivity index (χ2n) is 5.46. The molecule has 0 bridgehead atoms. The number of amides is 1. The van der Waals surface area contributed by atoms with Crippen LogP contribution >= 0.6 is 23.2 Å². The first-order valence-corrected chi connectivity index (χ1v) is 8.58. The highest BCUT2D eigenvalue weighted by Gasteiger charge is 2.16. The summed E-state index contributed by atoms with van der Waals surface area (Å²) >= 11 is 12.6. The fourth-order valence-electron chi connectivity index (χ4n) is 2.28. The molecule has 0 fully saturated rings. The maximum absolute atomic E-state index is 12.1. The fraction of sp³-hybridized carbons (Fsp3) is 0.278. The SMILES string of the molecule is COCCNC(=O)/C(C#N)=C/c1c(C)nn(Cc2ccccc2Cl)c1Cl. The molecule has 1 aromatic heterocycles. The van der Waals surface area contributed by atoms with Crippen molar-refractivity contribution >= 4 is 35.2 Å². The Kier molecular flexibility index (Phi) is 7.22. The summed E-state index contributed by atoms with van der Waals surface area (Å²) in [5.41, 5.74) is 1.95. The Hall–Kier alpha value is -2.33. The monoisotopic (exact) mass is 392 g/mol. The molecule has 0 spiro atoms. The van der Waals surface area contributed by atoms with E-state index in [2.05, 4.69) is 10.4 Å². The van der Waals surface area contributed by atoms with Gasteiger partial charge in [0.25, 0.3) is 5.91 Å². The van der Waals surface area contributed by atoms with Gasteiger partial charge in [-0.3, -0.25) is 4.79 Å². The lowest BCUT2D eigenvalue weighted by atomic mass is 10.1. The predicted molar refractivity (Wildman–Crippen MR) is 101 cm³/mol. The molecular weight excluding hydrogens is 375 g/mol. The van der Waals surface area contributed by atoms with Crippen molar-refractivity contribution in [1.82, 2.24) is 15.1 Å². The molecule has 0 radical (unpaired) electrons. The van der Waals surface area contributed by atoms with Crippen molar-refractivity contribution in [1.29, 1.82) is 5.26 Å². The van der Waals surface area contributed by atoms with E-state index >= 15 is 0 Å². The summed E-state index contributed by atoms with van der Waals surface area (Å²) in [4.78, 5) is 12.1. The molecule has 2 rings (SSSR count). The van der Waals surface area contributed by atoms with Crippen molar-refractivity contribution in [3.05, 3.63) is 56.8 Å². The van der Waals surface area contributed by atoms with Gasteiger partial charge in [0.05, 0.1) is 18.8 Å². The van der Waals surface area contributed by atoms with Crippen LogP contribution in [0.1, 0.15) is 16.8 Å². The third kappa shape index (κ3) is 4.85. The zero-order chi connectivity index (χ0) is 19.1. The first kappa shape index (κ1) is 20.0. The normalized spacial score (nSPS) is 11.3. The second kappa shape index (κ2) is 9.39. The summed E-state index contributed by atoms with van der Waals surface area (Å²) in [5.74, 6) is -0.487. The number of nitrogens with zero attached hydrogens (tertiary/aromatic N) is 3. The Labute approximate surface area is 162 Å². The molecule has 0 aliphatic carbocycles. The predicted octanol–water partition coefficient (Wildman–Crippen LogP) is 3.22. The van der Waals surface area contributed by atoms with E-state index in [9.17, 15) is 10.1 Å². The number of benzene rings is 1. The minimum atomic E-state index is -0.487. The smallest absolute Gasteiger partial charge is 0.262 e. The molecule has 6 nitrogen and oxygen atoms in total. The second-order valence-corrected chi connectivity index (χ2v) is 6.22. The van der Waals surface area contributed by atoms with Crippen molar-refractivity contribution in [2.75, 3.05) is 20.3 Å². The molecular formula is C18H18Cl2N4O2. The van der Waals surface area contributed by atoms with Gasteiger partial charge in [0.2, 0.25) is 0 Å². The van der Waals surface area contributed by atoms with E-state index in [0.717, 1.165) is 5.56 Å². The van der Waals surface area contributed by atoms with Crippen LogP contribution in [0.5, 0.6) is 0 Å². The molecule has 136 valence electrons. The Morgan fingerprint density at radius 3 is 2.81 bits per heavy atom. The van der Waals surface area contributed by atoms with E-state index in [0.29, 0.717) is 41.1 Å². The van der Waals surface area contributed by atoms with Crippen LogP contribution in [0.15, 0.2) is 29.8 Å². The summed E-state index contributed by atoms with van der Waals surface area (Å²) in [6.45, 7) is 2.82. The van der Waals surface area contributed by atoms with E-state index in [4.69, 9.17) is 27.9 Å². The molecule has 8 heteroatoms. The van der Waals surface area contributed by atoms with Crippen LogP contribution in [0, 0.1) is 18.3 Å². The average molecular weight is 393 g/mol. The van der Waals surface area contributed by atoms with Crippen LogP contribution in [0.25, 0.3) is 6.08 Å². The number of nitrogens with one attached hydrogen (secondary N) is 1. The summed E-state index contributed by atoms with van der Waals surface area (Å²) in [5, 5.41) is 17.2. The van der Waals surface area contributed by atoms with Crippen molar-refractivity contribution in [3.63, 3.8) is 0 Å². The van der Waals surface area contributed by atoms with E-state index < -0.39 is 5.91 Å². The quantitative estimate of drug-likeness (QED) is 0.445. The molecule has 26 heavy (non-hydrogen) atoms. The molecule has 0 saturated carbocycles. The maximum atomic E-state index is 12.1. The summed E-state index contributed by atoms with van der Waals surface area (Å²) in [6.07, 6.45) is 1.44. The molecule has 0 aliphatic rings. The molecule has 0 saturated heterocycles. The van der Waals surface area contributed by atoms with Gasteiger partial charge < -0.3 is 10.1 Å². The van der Waals surface area contributed by atoms with E-state index in [-0.39, 0.29) is 5.57 Å². The number of nitriles is 1. The topological polar surface area (TPSA) is 79.9 Å². The molecule has 0 atom stereocenters. The van der Waals surface area contributed by atoms with Crippen LogP contribution in [0.3, 0.4) is 0 Å². The van der Waals surface area contributed by atoms with Crippen LogP contribution in [-0.4, -0.2) is 35.9 Å². The standard InChI is InChI=1S/C18H18Cl2N4O2/c1-12-15(9-14(10-21)18(25)22-7-8-26-2)17(20)24(23-12)11-13-5-3-4-6-16(13)19/h3-6,9H,7-8,11H2,1-2H3,(H,22,25)/b14-9+. The van der Waals surface area contributed by atoms with Gasteiger partial charge in [-0.05, 0) is 24.6 Å². The highest BCUT2D eigenvalue weighted by molar-refractivity contribution is 6.32. The summed E-state index contributed by atoms with van der Waals surface area (Å²) < 4.78 is 6.45. The Balaban J connectivity index is 2.27. The third-order valence-corrected chi connectivity index (χ3v) is 4.40. The summed E-state index contributed by atoms with van der Waals surface area (Å²) in [6, 6.07) is 9.29. The van der Waals surface area contributed by atoms with Gasteiger partial charge in [0.15, 0.2) is 0 Å². The molecule has 1 heterocycles. The number of hydrogen-bond donors (Lipinski definition) is 1. The molecule has 2 aromatic rings. The lowest BCUT2D eigenvalue weighted by molar-refractivity contribution is -0.117. The van der Waals surface area contributed by atoms with Crippen molar-refractivity contribution in [2.24, 2.45) is 0 Å². The lowest BCUT2D eigenvalue weighted by Crippen LogP contribution is -2.27. The Morgan fingerprint density at radius 2 is 2.15 bits per heavy atom. The average Bonchev–Trinajstić information content (AvgIpc) is 2.88. The number of aromatic nitrogens is 2. The van der Waals surface area contributed by atoms with E-state index in [1.54, 1.807) is 17.7 Å². The minimum absolute atomic E-state index is 0.0524. The van der Waals surface area contributed by atoms with Gasteiger partial charge in [-0.2, -0.15) is 10.4 Å². The summed E-state index contributed by atoms with van der Waals surface area (Å²) in [7, 11) is 1.53. The van der Waals surface area contributed by atoms with Gasteiger partial charge in [-0.15, -0.1) is 0 Å². The van der Waals surface area contributed by atoms with Crippen LogP contribution < -0.4 is 5.32 Å². The van der Waals surface area contributed by atoms with Crippen LogP contribution in [0.4, 0.5) is 0 Å². The largest absolute Gasteiger partial charge is 0.383 e. The number of ether oxygens (including phenoxy) is 1. The number of halogens is 2. The Morgan fingerprint density at radius 1 is 1.42 bits per heavy atom. The number of methoxy groups -OCH3 is 1. The number of carbonyl (C=O) groups excluding carboxylic acids is 1.